The van der Waals surface area contributed by atoms with Gasteiger partial charge in [-0.2, -0.15) is 0 Å². The fraction of sp³-hybridized carbons (Fsp3) is 1.00. The van der Waals surface area contributed by atoms with Crippen molar-refractivity contribution in [2.75, 3.05) is 33.9 Å². The highest BCUT2D eigenvalue weighted by Gasteiger charge is 2.45. The smallest absolute Gasteiger partial charge is 0.0743 e. The fourth-order valence-corrected chi connectivity index (χ4v) is 2.44. The van der Waals surface area contributed by atoms with Gasteiger partial charge in [0.15, 0.2) is 0 Å². The summed E-state index contributed by atoms with van der Waals surface area (Å²) in [6, 6.07) is 0.364. The van der Waals surface area contributed by atoms with Crippen molar-refractivity contribution in [1.82, 2.24) is 4.90 Å². The van der Waals surface area contributed by atoms with Gasteiger partial charge < -0.3 is 15.2 Å². The molecule has 1 fully saturated rings. The van der Waals surface area contributed by atoms with Gasteiger partial charge in [-0.1, -0.05) is 0 Å². The maximum Gasteiger partial charge on any atom is 0.0743 e. The zero-order chi connectivity index (χ0) is 11.5. The van der Waals surface area contributed by atoms with Crippen molar-refractivity contribution in [3.63, 3.8) is 0 Å². The highest BCUT2D eigenvalue weighted by Crippen LogP contribution is 2.31. The maximum absolute atomic E-state index is 5.93. The number of likely N-dealkylation sites (N-methyl/N-ethyl adjacent to an activating group) is 1. The summed E-state index contributed by atoms with van der Waals surface area (Å²) >= 11 is 0. The summed E-state index contributed by atoms with van der Waals surface area (Å²) in [5, 5.41) is 0. The van der Waals surface area contributed by atoms with Crippen molar-refractivity contribution in [2.45, 2.75) is 38.0 Å². The summed E-state index contributed by atoms with van der Waals surface area (Å²) in [6.07, 6.45) is 1.21. The van der Waals surface area contributed by atoms with Crippen molar-refractivity contribution < 1.29 is 9.47 Å². The Morgan fingerprint density at radius 2 is 2.33 bits per heavy atom. The van der Waals surface area contributed by atoms with E-state index in [-0.39, 0.29) is 11.6 Å². The Morgan fingerprint density at radius 3 is 2.73 bits per heavy atom. The minimum absolute atomic E-state index is 0.0159. The first-order valence-corrected chi connectivity index (χ1v) is 5.62. The van der Waals surface area contributed by atoms with Crippen LogP contribution in [0, 0.1) is 0 Å². The molecule has 1 rings (SSSR count). The van der Waals surface area contributed by atoms with E-state index in [1.54, 1.807) is 7.11 Å². The molecule has 0 amide bonds. The standard InChI is InChI=1S/C11H24N2O2/c1-9(7-14-4)13(3)11(8-12)5-6-15-10(11)2/h9-10H,5-8,12H2,1-4H3. The number of methoxy groups -OCH3 is 1. The van der Waals surface area contributed by atoms with Crippen LogP contribution in [0.2, 0.25) is 0 Å². The second-order valence-electron chi connectivity index (χ2n) is 4.49. The van der Waals surface area contributed by atoms with Crippen LogP contribution >= 0.6 is 0 Å². The second-order valence-corrected chi connectivity index (χ2v) is 4.49. The van der Waals surface area contributed by atoms with E-state index in [9.17, 15) is 0 Å². The molecular weight excluding hydrogens is 192 g/mol. The molecule has 0 aromatic rings. The fourth-order valence-electron chi connectivity index (χ4n) is 2.44. The molecule has 0 spiro atoms. The molecule has 0 radical (unpaired) electrons. The molecular formula is C11H24N2O2. The molecule has 0 bridgehead atoms. The molecule has 0 aromatic heterocycles. The highest BCUT2D eigenvalue weighted by molar-refractivity contribution is 5.00. The van der Waals surface area contributed by atoms with E-state index < -0.39 is 0 Å². The summed E-state index contributed by atoms with van der Waals surface area (Å²) in [5.74, 6) is 0. The Balaban J connectivity index is 2.72. The topological polar surface area (TPSA) is 47.7 Å². The molecule has 0 saturated carbocycles. The number of nitrogens with two attached hydrogens (primary N) is 1. The summed E-state index contributed by atoms with van der Waals surface area (Å²) in [4.78, 5) is 2.31. The average molecular weight is 216 g/mol. The molecule has 1 saturated heterocycles. The molecule has 15 heavy (non-hydrogen) atoms. The van der Waals surface area contributed by atoms with E-state index in [4.69, 9.17) is 15.2 Å². The minimum Gasteiger partial charge on any atom is -0.383 e. The van der Waals surface area contributed by atoms with E-state index in [1.165, 1.54) is 0 Å². The number of ether oxygens (including phenoxy) is 2. The number of rotatable bonds is 5. The van der Waals surface area contributed by atoms with Crippen LogP contribution in [0.25, 0.3) is 0 Å². The van der Waals surface area contributed by atoms with Crippen LogP contribution in [0.5, 0.6) is 0 Å². The van der Waals surface area contributed by atoms with Gasteiger partial charge >= 0.3 is 0 Å². The number of hydrogen-bond donors (Lipinski definition) is 1. The lowest BCUT2D eigenvalue weighted by Gasteiger charge is -2.43. The van der Waals surface area contributed by atoms with Gasteiger partial charge in [-0.3, -0.25) is 4.90 Å². The van der Waals surface area contributed by atoms with Crippen LogP contribution in [0.3, 0.4) is 0 Å². The van der Waals surface area contributed by atoms with Gasteiger partial charge in [0.25, 0.3) is 0 Å². The van der Waals surface area contributed by atoms with E-state index >= 15 is 0 Å². The van der Waals surface area contributed by atoms with Crippen molar-refractivity contribution in [2.24, 2.45) is 5.73 Å². The first kappa shape index (κ1) is 12.9. The monoisotopic (exact) mass is 216 g/mol. The third kappa shape index (κ3) is 2.33. The zero-order valence-electron chi connectivity index (χ0n) is 10.3. The van der Waals surface area contributed by atoms with Crippen molar-refractivity contribution in [1.29, 1.82) is 0 Å². The van der Waals surface area contributed by atoms with Crippen molar-refractivity contribution in [3.8, 4) is 0 Å². The average Bonchev–Trinajstić information content (AvgIpc) is 2.60. The molecule has 1 heterocycles. The Bertz CT molecular complexity index is 201. The van der Waals surface area contributed by atoms with E-state index in [0.717, 1.165) is 19.6 Å². The quantitative estimate of drug-likeness (QED) is 0.725. The van der Waals surface area contributed by atoms with Crippen molar-refractivity contribution >= 4 is 0 Å². The summed E-state index contributed by atoms with van der Waals surface area (Å²) < 4.78 is 10.8. The molecule has 0 aromatic carbocycles. The Kier molecular flexibility index (Phi) is 4.52. The predicted octanol–water partition coefficient (Wildman–Crippen LogP) is 0.459. The first-order valence-electron chi connectivity index (χ1n) is 5.62. The summed E-state index contributed by atoms with van der Waals surface area (Å²) in [6.45, 7) is 6.44. The van der Waals surface area contributed by atoms with Gasteiger partial charge in [0.05, 0.1) is 18.2 Å². The molecule has 4 nitrogen and oxygen atoms in total. The largest absolute Gasteiger partial charge is 0.383 e. The van der Waals surface area contributed by atoms with Crippen molar-refractivity contribution in [3.05, 3.63) is 0 Å². The van der Waals surface area contributed by atoms with Gasteiger partial charge in [-0.15, -0.1) is 0 Å². The number of hydrogen-bond acceptors (Lipinski definition) is 4. The van der Waals surface area contributed by atoms with Gasteiger partial charge in [0.2, 0.25) is 0 Å². The van der Waals surface area contributed by atoms with E-state index in [0.29, 0.717) is 12.6 Å². The lowest BCUT2D eigenvalue weighted by Crippen LogP contribution is -2.60. The van der Waals surface area contributed by atoms with Crippen LogP contribution < -0.4 is 5.73 Å². The molecule has 90 valence electrons. The third-order valence-corrected chi connectivity index (χ3v) is 3.78. The van der Waals surface area contributed by atoms with Crippen LogP contribution in [-0.4, -0.2) is 56.5 Å². The zero-order valence-corrected chi connectivity index (χ0v) is 10.3. The SMILES string of the molecule is COCC(C)N(C)C1(CN)CCOC1C. The lowest BCUT2D eigenvalue weighted by atomic mass is 9.89. The molecule has 3 atom stereocenters. The molecule has 2 N–H and O–H groups in total. The summed E-state index contributed by atoms with van der Waals surface area (Å²) in [5.41, 5.74) is 5.92. The molecule has 4 heteroatoms. The molecule has 3 unspecified atom stereocenters. The van der Waals surface area contributed by atoms with Gasteiger partial charge in [-0.05, 0) is 27.3 Å². The van der Waals surface area contributed by atoms with Gasteiger partial charge in [0.1, 0.15) is 0 Å². The predicted molar refractivity (Wildman–Crippen MR) is 60.9 cm³/mol. The second kappa shape index (κ2) is 5.25. The molecule has 1 aliphatic heterocycles. The van der Waals surface area contributed by atoms with Crippen LogP contribution in [0.1, 0.15) is 20.3 Å². The van der Waals surface area contributed by atoms with Gasteiger partial charge in [0, 0.05) is 26.3 Å². The Hall–Kier alpha value is -0.160. The molecule has 1 aliphatic rings. The van der Waals surface area contributed by atoms with Crippen LogP contribution in [0.4, 0.5) is 0 Å². The number of nitrogens with zero attached hydrogens (tertiary/aromatic N) is 1. The van der Waals surface area contributed by atoms with Crippen LogP contribution in [-0.2, 0) is 9.47 Å². The maximum atomic E-state index is 5.93. The Labute approximate surface area is 92.7 Å². The van der Waals surface area contributed by atoms with E-state index in [2.05, 4.69) is 25.8 Å². The Morgan fingerprint density at radius 1 is 1.67 bits per heavy atom. The normalized spacial score (nSPS) is 33.6. The highest BCUT2D eigenvalue weighted by atomic mass is 16.5. The van der Waals surface area contributed by atoms with Gasteiger partial charge in [-0.25, -0.2) is 0 Å². The molecule has 0 aliphatic carbocycles. The summed E-state index contributed by atoms with van der Waals surface area (Å²) in [7, 11) is 3.84. The first-order chi connectivity index (χ1) is 7.08. The van der Waals surface area contributed by atoms with E-state index in [1.807, 2.05) is 0 Å². The van der Waals surface area contributed by atoms with Crippen LogP contribution in [0.15, 0.2) is 0 Å². The third-order valence-electron chi connectivity index (χ3n) is 3.78. The lowest BCUT2D eigenvalue weighted by molar-refractivity contribution is -0.00872. The minimum atomic E-state index is -0.0159.